The molecule has 4 N–H and O–H groups in total. The molecular formula is C19H34N3O6P. The first-order valence-electron chi connectivity index (χ1n) is 10.0. The molecule has 0 aromatic carbocycles. The summed E-state index contributed by atoms with van der Waals surface area (Å²) in [7, 11) is -4.30. The molecule has 0 spiro atoms. The van der Waals surface area contributed by atoms with E-state index in [1.165, 1.54) is 4.57 Å². The van der Waals surface area contributed by atoms with Gasteiger partial charge >= 0.3 is 13.3 Å². The number of aryl methyl sites for hydroxylation is 1. The third-order valence-corrected chi connectivity index (χ3v) is 8.59. The lowest BCUT2D eigenvalue weighted by atomic mass is 9.87. The molecule has 0 radical (unpaired) electrons. The monoisotopic (exact) mass is 431 g/mol. The van der Waals surface area contributed by atoms with Crippen LogP contribution in [0.15, 0.2) is 11.0 Å². The molecule has 4 unspecified atom stereocenters. The van der Waals surface area contributed by atoms with Crippen molar-refractivity contribution >= 4 is 13.4 Å². The summed E-state index contributed by atoms with van der Waals surface area (Å²) >= 11 is 0. The second-order valence-electron chi connectivity index (χ2n) is 8.40. The molecule has 0 aliphatic carbocycles. The van der Waals surface area contributed by atoms with Crippen molar-refractivity contribution in [2.45, 2.75) is 90.5 Å². The molecule has 2 heterocycles. The Labute approximate surface area is 171 Å². The van der Waals surface area contributed by atoms with Crippen LogP contribution in [0.4, 0.5) is 5.82 Å². The molecule has 10 heteroatoms. The summed E-state index contributed by atoms with van der Waals surface area (Å²) in [5, 5.41) is 8.72. The van der Waals surface area contributed by atoms with Crippen LogP contribution in [-0.4, -0.2) is 36.6 Å². The number of nitrogens with zero attached hydrogens (tertiary/aromatic N) is 2. The van der Waals surface area contributed by atoms with Gasteiger partial charge in [-0.15, -0.1) is 0 Å². The maximum absolute atomic E-state index is 12.8. The Morgan fingerprint density at radius 1 is 1.41 bits per heavy atom. The van der Waals surface area contributed by atoms with E-state index in [1.807, 2.05) is 6.92 Å². The van der Waals surface area contributed by atoms with E-state index in [-0.39, 0.29) is 30.7 Å². The first kappa shape index (κ1) is 24.0. The van der Waals surface area contributed by atoms with E-state index in [9.17, 15) is 19.4 Å². The van der Waals surface area contributed by atoms with Gasteiger partial charge in [0.25, 0.3) is 0 Å². The molecule has 1 saturated heterocycles. The van der Waals surface area contributed by atoms with Gasteiger partial charge < -0.3 is 25.0 Å². The van der Waals surface area contributed by atoms with E-state index in [0.717, 1.165) is 0 Å². The molecule has 1 aliphatic rings. The van der Waals surface area contributed by atoms with Crippen LogP contribution in [0.2, 0.25) is 0 Å². The normalized spacial score (nSPS) is 23.7. The van der Waals surface area contributed by atoms with Crippen molar-refractivity contribution in [3.05, 3.63) is 22.2 Å². The molecule has 1 aliphatic heterocycles. The van der Waals surface area contributed by atoms with Gasteiger partial charge in [-0.05, 0) is 46.5 Å². The molecule has 1 aromatic heterocycles. The Morgan fingerprint density at radius 2 is 2.00 bits per heavy atom. The van der Waals surface area contributed by atoms with Crippen LogP contribution in [0.3, 0.4) is 0 Å². The molecule has 1 fully saturated rings. The quantitative estimate of drug-likeness (QED) is 0.534. The zero-order valence-corrected chi connectivity index (χ0v) is 19.0. The summed E-state index contributed by atoms with van der Waals surface area (Å²) in [6.07, 6.45) is 2.31. The fourth-order valence-electron chi connectivity index (χ4n) is 3.59. The summed E-state index contributed by atoms with van der Waals surface area (Å²) in [6.45, 7) is 10.4. The number of nitrogens with two attached hydrogens (primary N) is 1. The fraction of sp³-hybridized carbons (Fsp3) is 0.789. The zero-order chi connectivity index (χ0) is 22.2. The van der Waals surface area contributed by atoms with Crippen molar-refractivity contribution in [3.8, 4) is 0 Å². The van der Waals surface area contributed by atoms with Crippen LogP contribution in [0.25, 0.3) is 0 Å². The molecule has 0 saturated carbocycles. The van der Waals surface area contributed by atoms with Gasteiger partial charge in [-0.25, -0.2) is 4.79 Å². The Hall–Kier alpha value is -1.25. The summed E-state index contributed by atoms with van der Waals surface area (Å²) in [6, 6.07) is 0. The van der Waals surface area contributed by atoms with Gasteiger partial charge in [0, 0.05) is 17.7 Å². The number of hydrogen-bond donors (Lipinski definition) is 3. The van der Waals surface area contributed by atoms with Crippen LogP contribution < -0.4 is 11.4 Å². The first-order chi connectivity index (χ1) is 13.3. The Kier molecular flexibility index (Phi) is 7.02. The molecule has 0 bridgehead atoms. The van der Waals surface area contributed by atoms with E-state index in [2.05, 4.69) is 4.98 Å². The molecule has 9 nitrogen and oxygen atoms in total. The van der Waals surface area contributed by atoms with Gasteiger partial charge in [0.2, 0.25) is 0 Å². The molecule has 4 atom stereocenters. The number of rotatable bonds is 8. The second-order valence-corrected chi connectivity index (χ2v) is 10.5. The number of hydrogen-bond acceptors (Lipinski definition) is 7. The molecule has 0 amide bonds. The lowest BCUT2D eigenvalue weighted by Crippen LogP contribution is -2.42. The van der Waals surface area contributed by atoms with E-state index in [0.29, 0.717) is 18.4 Å². The Balaban J connectivity index is 2.16. The van der Waals surface area contributed by atoms with Crippen LogP contribution >= 0.6 is 7.60 Å². The van der Waals surface area contributed by atoms with E-state index in [1.54, 1.807) is 40.8 Å². The Morgan fingerprint density at radius 3 is 2.55 bits per heavy atom. The number of aliphatic hydroxyl groups is 1. The smallest absolute Gasteiger partial charge is 0.359 e. The highest BCUT2D eigenvalue weighted by molar-refractivity contribution is 7.54. The van der Waals surface area contributed by atoms with Crippen LogP contribution in [-0.2, 0) is 13.8 Å². The lowest BCUT2D eigenvalue weighted by Gasteiger charge is -2.40. The van der Waals surface area contributed by atoms with Gasteiger partial charge in [0.15, 0.2) is 5.34 Å². The van der Waals surface area contributed by atoms with Crippen molar-refractivity contribution in [1.29, 1.82) is 0 Å². The highest BCUT2D eigenvalue weighted by Crippen LogP contribution is 2.60. The standard InChI is InChI=1S/C19H34N3O6P/c1-7-19(24,8-2)29(25,26)28-18(5,6)13(4)14-9-10-15(27-14)22-11-12(3)16(20)21-17(22)23/h11,13-15,24H,7-10H2,1-6H3,(H,25,26)(H2,20,21,23). The van der Waals surface area contributed by atoms with Crippen LogP contribution in [0.5, 0.6) is 0 Å². The van der Waals surface area contributed by atoms with E-state index < -0.39 is 30.5 Å². The van der Waals surface area contributed by atoms with Crippen molar-refractivity contribution in [3.63, 3.8) is 0 Å². The van der Waals surface area contributed by atoms with Crippen molar-refractivity contribution in [2.75, 3.05) is 5.73 Å². The van der Waals surface area contributed by atoms with Gasteiger partial charge in [-0.3, -0.25) is 9.13 Å². The van der Waals surface area contributed by atoms with Gasteiger partial charge in [-0.2, -0.15) is 4.98 Å². The molecule has 1 aromatic rings. The molecule has 2 rings (SSSR count). The minimum absolute atomic E-state index is 0.107. The Bertz CT molecular complexity index is 836. The van der Waals surface area contributed by atoms with Crippen LogP contribution in [0.1, 0.15) is 72.1 Å². The summed E-state index contributed by atoms with van der Waals surface area (Å²) in [4.78, 5) is 26.5. The number of ether oxygens (including phenoxy) is 1. The predicted molar refractivity (Wildman–Crippen MR) is 110 cm³/mol. The SMILES string of the molecule is CCC(O)(CC)P(=O)(O)OC(C)(C)C(C)C1CCC(n2cc(C)c(N)nc2=O)O1. The third-order valence-electron chi connectivity index (χ3n) is 6.19. The number of anilines is 1. The third kappa shape index (κ3) is 4.75. The topological polar surface area (TPSA) is 137 Å². The molecule has 166 valence electrons. The maximum atomic E-state index is 12.8. The lowest BCUT2D eigenvalue weighted by molar-refractivity contribution is -0.0811. The van der Waals surface area contributed by atoms with Crippen molar-refractivity contribution in [1.82, 2.24) is 9.55 Å². The summed E-state index contributed by atoms with van der Waals surface area (Å²) in [5.74, 6) is -0.0776. The summed E-state index contributed by atoms with van der Waals surface area (Å²) in [5.41, 5.74) is 4.86. The van der Waals surface area contributed by atoms with Crippen molar-refractivity contribution < 1.29 is 23.8 Å². The second kappa shape index (κ2) is 8.47. The predicted octanol–water partition coefficient (Wildman–Crippen LogP) is 2.94. The minimum Gasteiger partial charge on any atom is -0.383 e. The molecular weight excluding hydrogens is 397 g/mol. The van der Waals surface area contributed by atoms with Gasteiger partial charge in [0.1, 0.15) is 12.0 Å². The van der Waals surface area contributed by atoms with Crippen molar-refractivity contribution in [2.24, 2.45) is 5.92 Å². The highest BCUT2D eigenvalue weighted by Gasteiger charge is 2.50. The minimum atomic E-state index is -4.30. The average Bonchev–Trinajstić information content (AvgIpc) is 3.11. The van der Waals surface area contributed by atoms with E-state index >= 15 is 0 Å². The van der Waals surface area contributed by atoms with E-state index in [4.69, 9.17) is 15.0 Å². The largest absolute Gasteiger partial charge is 0.383 e. The van der Waals surface area contributed by atoms with Gasteiger partial charge in [-0.1, -0.05) is 20.8 Å². The first-order valence-corrected chi connectivity index (χ1v) is 11.6. The maximum Gasteiger partial charge on any atom is 0.359 e. The molecule has 29 heavy (non-hydrogen) atoms. The number of aromatic nitrogens is 2. The highest BCUT2D eigenvalue weighted by atomic mass is 31.2. The number of nitrogen functional groups attached to an aromatic ring is 1. The van der Waals surface area contributed by atoms with Gasteiger partial charge in [0.05, 0.1) is 11.7 Å². The zero-order valence-electron chi connectivity index (χ0n) is 18.1. The van der Waals surface area contributed by atoms with Crippen LogP contribution in [0, 0.1) is 12.8 Å². The fourth-order valence-corrected chi connectivity index (χ4v) is 5.36. The summed E-state index contributed by atoms with van der Waals surface area (Å²) < 4.78 is 26.0. The average molecular weight is 431 g/mol.